The summed E-state index contributed by atoms with van der Waals surface area (Å²) >= 11 is 0. The molecule has 0 aliphatic rings. The molecule has 0 rings (SSSR count). The Hall–Kier alpha value is -1.31. The van der Waals surface area contributed by atoms with Crippen LogP contribution in [-0.2, 0) is 19.1 Å². The maximum Gasteiger partial charge on any atom is 0.411 e. The first-order valence-electron chi connectivity index (χ1n) is 5.57. The quantitative estimate of drug-likeness (QED) is 0.776. The average molecular weight is 285 g/mol. The van der Waals surface area contributed by atoms with E-state index < -0.39 is 42.9 Å². The molecule has 0 bridgehead atoms. The third-order valence-electron chi connectivity index (χ3n) is 1.64. The van der Waals surface area contributed by atoms with Crippen LogP contribution in [0.3, 0.4) is 0 Å². The van der Waals surface area contributed by atoms with Crippen molar-refractivity contribution in [3.8, 4) is 0 Å². The van der Waals surface area contributed by atoms with E-state index in [4.69, 9.17) is 4.74 Å². The molecule has 1 atom stereocenters. The van der Waals surface area contributed by atoms with Crippen molar-refractivity contribution in [1.82, 2.24) is 5.32 Å². The van der Waals surface area contributed by atoms with E-state index in [1.807, 2.05) is 0 Å². The maximum absolute atomic E-state index is 11.8. The second-order valence-electron chi connectivity index (χ2n) is 4.93. The molecule has 0 spiro atoms. The molecule has 0 fully saturated rings. The van der Waals surface area contributed by atoms with Crippen molar-refractivity contribution in [2.24, 2.45) is 0 Å². The number of halogens is 3. The van der Waals surface area contributed by atoms with Crippen LogP contribution in [-0.4, -0.2) is 42.9 Å². The van der Waals surface area contributed by atoms with E-state index in [0.717, 1.165) is 0 Å². The summed E-state index contributed by atoms with van der Waals surface area (Å²) in [6, 6.07) is -0.957. The zero-order valence-electron chi connectivity index (χ0n) is 11.3. The molecule has 112 valence electrons. The molecular weight excluding hydrogens is 267 g/mol. The summed E-state index contributed by atoms with van der Waals surface area (Å²) in [5.41, 5.74) is -0.706. The van der Waals surface area contributed by atoms with Crippen LogP contribution in [0, 0.1) is 0 Å². The summed E-state index contributed by atoms with van der Waals surface area (Å²) in [5.74, 6) is -1.49. The van der Waals surface area contributed by atoms with Crippen LogP contribution >= 0.6 is 0 Å². The first kappa shape index (κ1) is 17.7. The van der Waals surface area contributed by atoms with Crippen LogP contribution in [0.4, 0.5) is 13.2 Å². The van der Waals surface area contributed by atoms with E-state index in [0.29, 0.717) is 0 Å². The van der Waals surface area contributed by atoms with Gasteiger partial charge in [-0.1, -0.05) is 0 Å². The Labute approximate surface area is 109 Å². The number of rotatable bonds is 5. The molecule has 19 heavy (non-hydrogen) atoms. The number of amides is 1. The van der Waals surface area contributed by atoms with Crippen LogP contribution in [0.5, 0.6) is 0 Å². The van der Waals surface area contributed by atoms with Gasteiger partial charge in [0.15, 0.2) is 0 Å². The Balaban J connectivity index is 4.02. The number of carbonyl (C=O) groups excluding carboxylic acids is 2. The van der Waals surface area contributed by atoms with E-state index in [1.54, 1.807) is 20.8 Å². The van der Waals surface area contributed by atoms with Gasteiger partial charge in [-0.25, -0.2) is 4.79 Å². The van der Waals surface area contributed by atoms with Crippen molar-refractivity contribution in [3.05, 3.63) is 0 Å². The van der Waals surface area contributed by atoms with Crippen molar-refractivity contribution < 1.29 is 32.2 Å². The minimum atomic E-state index is -4.49. The minimum Gasteiger partial charge on any atom is -0.458 e. The smallest absolute Gasteiger partial charge is 0.411 e. The average Bonchev–Trinajstić information content (AvgIpc) is 2.12. The van der Waals surface area contributed by atoms with Gasteiger partial charge in [0.2, 0.25) is 5.91 Å². The predicted octanol–water partition coefficient (Wildman–Crippen LogP) is 1.41. The fourth-order valence-corrected chi connectivity index (χ4v) is 0.992. The van der Waals surface area contributed by atoms with Crippen molar-refractivity contribution in [1.29, 1.82) is 0 Å². The minimum absolute atomic E-state index is 0.670. The Morgan fingerprint density at radius 3 is 2.16 bits per heavy atom. The van der Waals surface area contributed by atoms with Gasteiger partial charge in [0.05, 0.1) is 0 Å². The van der Waals surface area contributed by atoms with Gasteiger partial charge in [-0.15, -0.1) is 0 Å². The first-order valence-corrected chi connectivity index (χ1v) is 5.57. The molecule has 0 saturated carbocycles. The standard InChI is InChI=1S/C11H18F3NO4/c1-7(9(17)19-10(2,3)4)15-8(16)5-18-6-11(12,13)14/h7H,5-6H2,1-4H3,(H,15,16)/t7-/m0/s1. The summed E-state index contributed by atoms with van der Waals surface area (Å²) < 4.78 is 44.4. The second kappa shape index (κ2) is 6.74. The number of alkyl halides is 3. The largest absolute Gasteiger partial charge is 0.458 e. The third kappa shape index (κ3) is 10.3. The normalized spacial score (nSPS) is 13.8. The SMILES string of the molecule is C[C@H](NC(=O)COCC(F)(F)F)C(=O)OC(C)(C)C. The second-order valence-corrected chi connectivity index (χ2v) is 4.93. The highest BCUT2D eigenvalue weighted by Gasteiger charge is 2.28. The summed E-state index contributed by atoms with van der Waals surface area (Å²) in [7, 11) is 0. The molecule has 1 N–H and O–H groups in total. The number of esters is 1. The van der Waals surface area contributed by atoms with Gasteiger partial charge >= 0.3 is 12.1 Å². The van der Waals surface area contributed by atoms with E-state index >= 15 is 0 Å². The summed E-state index contributed by atoms with van der Waals surface area (Å²) in [4.78, 5) is 22.7. The fourth-order valence-electron chi connectivity index (χ4n) is 0.992. The van der Waals surface area contributed by atoms with E-state index in [2.05, 4.69) is 10.1 Å². The molecule has 1 amide bonds. The Bertz CT molecular complexity index is 323. The summed E-state index contributed by atoms with van der Waals surface area (Å²) in [6.07, 6.45) is -4.49. The number of ether oxygens (including phenoxy) is 2. The number of hydrogen-bond acceptors (Lipinski definition) is 4. The van der Waals surface area contributed by atoms with Gasteiger partial charge < -0.3 is 14.8 Å². The lowest BCUT2D eigenvalue weighted by molar-refractivity contribution is -0.176. The monoisotopic (exact) mass is 285 g/mol. The van der Waals surface area contributed by atoms with Crippen molar-refractivity contribution >= 4 is 11.9 Å². The lowest BCUT2D eigenvalue weighted by atomic mass is 10.2. The van der Waals surface area contributed by atoms with Crippen LogP contribution in [0.15, 0.2) is 0 Å². The van der Waals surface area contributed by atoms with Crippen LogP contribution in [0.25, 0.3) is 0 Å². The van der Waals surface area contributed by atoms with Gasteiger partial charge in [-0.05, 0) is 27.7 Å². The van der Waals surface area contributed by atoms with Crippen molar-refractivity contribution in [2.45, 2.75) is 45.5 Å². The maximum atomic E-state index is 11.8. The molecule has 5 nitrogen and oxygen atoms in total. The third-order valence-corrected chi connectivity index (χ3v) is 1.64. The number of nitrogens with one attached hydrogen (secondary N) is 1. The van der Waals surface area contributed by atoms with Crippen molar-refractivity contribution in [3.63, 3.8) is 0 Å². The molecule has 0 saturated heterocycles. The molecule has 0 heterocycles. The molecule has 0 aromatic rings. The Kier molecular flexibility index (Phi) is 6.28. The molecule has 0 aromatic carbocycles. The van der Waals surface area contributed by atoms with Gasteiger partial charge in [-0.2, -0.15) is 13.2 Å². The van der Waals surface area contributed by atoms with Crippen LogP contribution in [0.2, 0.25) is 0 Å². The molecule has 0 unspecified atom stereocenters. The predicted molar refractivity (Wildman–Crippen MR) is 60.3 cm³/mol. The highest BCUT2D eigenvalue weighted by atomic mass is 19.4. The molecule has 0 radical (unpaired) electrons. The summed E-state index contributed by atoms with van der Waals surface area (Å²) in [5, 5.41) is 2.18. The summed E-state index contributed by atoms with van der Waals surface area (Å²) in [6.45, 7) is 4.06. The number of hydrogen-bond donors (Lipinski definition) is 1. The lowest BCUT2D eigenvalue weighted by Crippen LogP contribution is -2.43. The molecular formula is C11H18F3NO4. The molecule has 0 aromatic heterocycles. The van der Waals surface area contributed by atoms with E-state index in [-0.39, 0.29) is 0 Å². The van der Waals surface area contributed by atoms with Crippen LogP contribution in [0.1, 0.15) is 27.7 Å². The van der Waals surface area contributed by atoms with Crippen molar-refractivity contribution in [2.75, 3.05) is 13.2 Å². The number of carbonyl (C=O) groups is 2. The Morgan fingerprint density at radius 1 is 1.21 bits per heavy atom. The van der Waals surface area contributed by atoms with Gasteiger partial charge in [0, 0.05) is 0 Å². The van der Waals surface area contributed by atoms with Gasteiger partial charge in [-0.3, -0.25) is 4.79 Å². The highest BCUT2D eigenvalue weighted by Crippen LogP contribution is 2.14. The van der Waals surface area contributed by atoms with Crippen LogP contribution < -0.4 is 5.32 Å². The molecule has 8 heteroatoms. The van der Waals surface area contributed by atoms with E-state index in [1.165, 1.54) is 6.92 Å². The topological polar surface area (TPSA) is 64.6 Å². The molecule has 0 aliphatic heterocycles. The zero-order chi connectivity index (χ0) is 15.3. The lowest BCUT2D eigenvalue weighted by Gasteiger charge is -2.22. The first-order chi connectivity index (χ1) is 8.41. The van der Waals surface area contributed by atoms with E-state index in [9.17, 15) is 22.8 Å². The zero-order valence-corrected chi connectivity index (χ0v) is 11.3. The van der Waals surface area contributed by atoms with Gasteiger partial charge in [0.25, 0.3) is 0 Å². The van der Waals surface area contributed by atoms with Gasteiger partial charge in [0.1, 0.15) is 24.9 Å². The highest BCUT2D eigenvalue weighted by molar-refractivity contribution is 5.84. The Morgan fingerprint density at radius 2 is 1.74 bits per heavy atom. The molecule has 0 aliphatic carbocycles. The fraction of sp³-hybridized carbons (Fsp3) is 0.818.